The Bertz CT molecular complexity index is 455. The van der Waals surface area contributed by atoms with Crippen molar-refractivity contribution in [2.24, 2.45) is 0 Å². The van der Waals surface area contributed by atoms with Crippen molar-refractivity contribution in [2.75, 3.05) is 58.3 Å². The van der Waals surface area contributed by atoms with Gasteiger partial charge in [-0.15, -0.1) is 0 Å². The highest BCUT2D eigenvalue weighted by atomic mass is 79.9. The number of hydrogen-bond donors (Lipinski definition) is 0. The van der Waals surface area contributed by atoms with Crippen molar-refractivity contribution in [1.82, 2.24) is 19.8 Å². The van der Waals surface area contributed by atoms with Gasteiger partial charge >= 0.3 is 0 Å². The lowest BCUT2D eigenvalue weighted by Gasteiger charge is -2.36. The number of piperazine rings is 1. The van der Waals surface area contributed by atoms with Crippen LogP contribution in [0, 0.1) is 0 Å². The lowest BCUT2D eigenvalue weighted by molar-refractivity contribution is 0.229. The van der Waals surface area contributed by atoms with E-state index < -0.39 is 0 Å². The first-order chi connectivity index (χ1) is 9.95. The Labute approximate surface area is 136 Å². The third kappa shape index (κ3) is 4.90. The lowest BCUT2D eigenvalue weighted by Crippen LogP contribution is -2.48. The molecule has 1 aromatic heterocycles. The summed E-state index contributed by atoms with van der Waals surface area (Å²) >= 11 is 3.51. The highest BCUT2D eigenvalue weighted by Gasteiger charge is 2.19. The van der Waals surface area contributed by atoms with Crippen LogP contribution in [0.3, 0.4) is 0 Å². The third-order valence-corrected chi connectivity index (χ3v) is 4.18. The zero-order chi connectivity index (χ0) is 15.4. The van der Waals surface area contributed by atoms with Gasteiger partial charge in [-0.05, 0) is 30.0 Å². The predicted octanol–water partition coefficient (Wildman–Crippen LogP) is 2.05. The van der Waals surface area contributed by atoms with Gasteiger partial charge in [0.2, 0.25) is 0 Å². The Kier molecular flexibility index (Phi) is 5.96. The van der Waals surface area contributed by atoms with Gasteiger partial charge < -0.3 is 9.80 Å². The average Bonchev–Trinajstić information content (AvgIpc) is 2.45. The molecule has 0 aromatic carbocycles. The number of likely N-dealkylation sites (N-methyl/N-ethyl adjacent to an activating group) is 1. The summed E-state index contributed by atoms with van der Waals surface area (Å²) in [5, 5.41) is 0. The molecule has 0 spiro atoms. The summed E-state index contributed by atoms with van der Waals surface area (Å²) in [6.45, 7) is 10.8. The van der Waals surface area contributed by atoms with Gasteiger partial charge in [0.25, 0.3) is 0 Å². The van der Waals surface area contributed by atoms with E-state index in [-0.39, 0.29) is 0 Å². The Morgan fingerprint density at radius 3 is 2.43 bits per heavy atom. The van der Waals surface area contributed by atoms with Crippen molar-refractivity contribution in [3.05, 3.63) is 16.5 Å². The van der Waals surface area contributed by atoms with Gasteiger partial charge in [-0.25, -0.2) is 9.97 Å². The highest BCUT2D eigenvalue weighted by Crippen LogP contribution is 2.21. The van der Waals surface area contributed by atoms with Crippen LogP contribution in [0.15, 0.2) is 10.7 Å². The zero-order valence-corrected chi connectivity index (χ0v) is 15.1. The van der Waals surface area contributed by atoms with Crippen LogP contribution in [-0.4, -0.2) is 73.1 Å². The van der Waals surface area contributed by atoms with Crippen molar-refractivity contribution in [1.29, 1.82) is 0 Å². The SMILES string of the molecule is CC(C)c1nc(Br)cc(N2CCN(CCN(C)C)CC2)n1. The second-order valence-electron chi connectivity index (χ2n) is 6.19. The first-order valence-electron chi connectivity index (χ1n) is 7.62. The largest absolute Gasteiger partial charge is 0.354 e. The van der Waals surface area contributed by atoms with Crippen molar-refractivity contribution >= 4 is 21.7 Å². The Balaban J connectivity index is 1.96. The monoisotopic (exact) mass is 355 g/mol. The minimum atomic E-state index is 0.350. The molecule has 0 atom stereocenters. The lowest BCUT2D eigenvalue weighted by atomic mass is 10.2. The maximum absolute atomic E-state index is 4.71. The fourth-order valence-electron chi connectivity index (χ4n) is 2.39. The standard InChI is InChI=1S/C15H26BrN5/c1-12(2)15-17-13(16)11-14(18-15)21-9-7-20(8-10-21)6-5-19(3)4/h11-12H,5-10H2,1-4H3. The van der Waals surface area contributed by atoms with Gasteiger partial charge in [-0.1, -0.05) is 13.8 Å². The van der Waals surface area contributed by atoms with Crippen molar-refractivity contribution in [3.8, 4) is 0 Å². The zero-order valence-electron chi connectivity index (χ0n) is 13.5. The molecule has 0 unspecified atom stereocenters. The summed E-state index contributed by atoms with van der Waals surface area (Å²) in [7, 11) is 4.25. The quantitative estimate of drug-likeness (QED) is 0.755. The number of nitrogens with zero attached hydrogens (tertiary/aromatic N) is 5. The van der Waals surface area contributed by atoms with Crippen LogP contribution >= 0.6 is 15.9 Å². The highest BCUT2D eigenvalue weighted by molar-refractivity contribution is 9.10. The van der Waals surface area contributed by atoms with Crippen LogP contribution in [-0.2, 0) is 0 Å². The predicted molar refractivity (Wildman–Crippen MR) is 91.0 cm³/mol. The number of hydrogen-bond acceptors (Lipinski definition) is 5. The van der Waals surface area contributed by atoms with Gasteiger partial charge in [-0.2, -0.15) is 0 Å². The van der Waals surface area contributed by atoms with Crippen LogP contribution in [0.5, 0.6) is 0 Å². The molecule has 1 aliphatic rings. The van der Waals surface area contributed by atoms with E-state index in [2.05, 4.69) is 63.6 Å². The van der Waals surface area contributed by atoms with Gasteiger partial charge in [0.1, 0.15) is 16.2 Å². The van der Waals surface area contributed by atoms with Crippen LogP contribution in [0.2, 0.25) is 0 Å². The van der Waals surface area contributed by atoms with Gasteiger partial charge in [0.05, 0.1) is 0 Å². The second-order valence-corrected chi connectivity index (χ2v) is 7.01. The van der Waals surface area contributed by atoms with Crippen LogP contribution in [0.1, 0.15) is 25.6 Å². The summed E-state index contributed by atoms with van der Waals surface area (Å²) in [4.78, 5) is 16.3. The summed E-state index contributed by atoms with van der Waals surface area (Å²) in [6.07, 6.45) is 0. The van der Waals surface area contributed by atoms with E-state index in [0.717, 1.165) is 55.5 Å². The van der Waals surface area contributed by atoms with E-state index in [0.29, 0.717) is 5.92 Å². The van der Waals surface area contributed by atoms with Crippen molar-refractivity contribution in [2.45, 2.75) is 19.8 Å². The summed E-state index contributed by atoms with van der Waals surface area (Å²) in [5.41, 5.74) is 0. The van der Waals surface area contributed by atoms with Crippen molar-refractivity contribution in [3.63, 3.8) is 0 Å². The molecule has 21 heavy (non-hydrogen) atoms. The number of halogens is 1. The summed E-state index contributed by atoms with van der Waals surface area (Å²) in [6, 6.07) is 2.03. The molecule has 6 heteroatoms. The molecule has 0 radical (unpaired) electrons. The molecule has 0 N–H and O–H groups in total. The van der Waals surface area contributed by atoms with E-state index in [1.165, 1.54) is 0 Å². The van der Waals surface area contributed by atoms with E-state index in [9.17, 15) is 0 Å². The molecule has 5 nitrogen and oxygen atoms in total. The average molecular weight is 356 g/mol. The topological polar surface area (TPSA) is 35.5 Å². The minimum absolute atomic E-state index is 0.350. The smallest absolute Gasteiger partial charge is 0.134 e. The first-order valence-corrected chi connectivity index (χ1v) is 8.41. The molecular formula is C15H26BrN5. The van der Waals surface area contributed by atoms with Gasteiger partial charge in [-0.3, -0.25) is 4.90 Å². The first kappa shape index (κ1) is 16.6. The molecule has 2 rings (SSSR count). The summed E-state index contributed by atoms with van der Waals surface area (Å²) < 4.78 is 0.881. The third-order valence-electron chi connectivity index (χ3n) is 3.77. The molecule has 0 saturated carbocycles. The van der Waals surface area contributed by atoms with Gasteiger partial charge in [0, 0.05) is 51.3 Å². The fraction of sp³-hybridized carbons (Fsp3) is 0.733. The normalized spacial score (nSPS) is 17.0. The van der Waals surface area contributed by atoms with Crippen LogP contribution < -0.4 is 4.90 Å². The maximum Gasteiger partial charge on any atom is 0.134 e. The van der Waals surface area contributed by atoms with E-state index >= 15 is 0 Å². The Hall–Kier alpha value is -0.720. The number of aromatic nitrogens is 2. The molecule has 0 bridgehead atoms. The van der Waals surface area contributed by atoms with Gasteiger partial charge in [0.15, 0.2) is 0 Å². The van der Waals surface area contributed by atoms with Crippen LogP contribution in [0.25, 0.3) is 0 Å². The maximum atomic E-state index is 4.71. The minimum Gasteiger partial charge on any atom is -0.354 e. The molecule has 1 aromatic rings. The van der Waals surface area contributed by atoms with E-state index in [4.69, 9.17) is 4.98 Å². The second kappa shape index (κ2) is 7.51. The molecular weight excluding hydrogens is 330 g/mol. The molecule has 1 fully saturated rings. The molecule has 1 aliphatic heterocycles. The molecule has 2 heterocycles. The van der Waals surface area contributed by atoms with E-state index in [1.807, 2.05) is 6.07 Å². The van der Waals surface area contributed by atoms with Crippen LogP contribution in [0.4, 0.5) is 5.82 Å². The van der Waals surface area contributed by atoms with Crippen molar-refractivity contribution < 1.29 is 0 Å². The Morgan fingerprint density at radius 1 is 1.19 bits per heavy atom. The molecule has 118 valence electrons. The number of rotatable bonds is 5. The molecule has 1 saturated heterocycles. The molecule has 0 aliphatic carbocycles. The van der Waals surface area contributed by atoms with E-state index in [1.54, 1.807) is 0 Å². The molecule has 0 amide bonds. The summed E-state index contributed by atoms with van der Waals surface area (Å²) in [5.74, 6) is 2.31. The number of anilines is 1. The fourth-order valence-corrected chi connectivity index (χ4v) is 2.77. The Morgan fingerprint density at radius 2 is 1.86 bits per heavy atom.